The summed E-state index contributed by atoms with van der Waals surface area (Å²) in [5.74, 6) is 2.85. The standard InChI is InChI=1S/C20H21Cl2N3O2/c21-14-2-1-3-15(18(14)22)23-19(26)24-17-7-16(25-27-17)20-8-11-4-12(9-20)6-13(5-11)10-20/h1-3,7,11-13H,4-6,8-10H2,(H2,23,24,26). The van der Waals surface area contributed by atoms with Gasteiger partial charge in [-0.1, -0.05) is 34.4 Å². The topological polar surface area (TPSA) is 67.2 Å². The van der Waals surface area contributed by atoms with E-state index in [-0.39, 0.29) is 5.41 Å². The van der Waals surface area contributed by atoms with Gasteiger partial charge in [-0.3, -0.25) is 5.32 Å². The largest absolute Gasteiger partial charge is 0.338 e. The van der Waals surface area contributed by atoms with Crippen LogP contribution < -0.4 is 10.6 Å². The van der Waals surface area contributed by atoms with Crippen LogP contribution in [0, 0.1) is 17.8 Å². The third-order valence-electron chi connectivity index (χ3n) is 6.53. The minimum atomic E-state index is -0.438. The van der Waals surface area contributed by atoms with E-state index < -0.39 is 6.03 Å². The van der Waals surface area contributed by atoms with E-state index in [1.165, 1.54) is 38.5 Å². The van der Waals surface area contributed by atoms with Crippen LogP contribution in [0.4, 0.5) is 16.4 Å². The van der Waals surface area contributed by atoms with Crippen molar-refractivity contribution < 1.29 is 9.32 Å². The summed E-state index contributed by atoms with van der Waals surface area (Å²) in [6.07, 6.45) is 7.75. The Hall–Kier alpha value is -1.72. The van der Waals surface area contributed by atoms with Crippen molar-refractivity contribution in [3.8, 4) is 0 Å². The van der Waals surface area contributed by atoms with Gasteiger partial charge in [0, 0.05) is 11.5 Å². The number of nitrogens with zero attached hydrogens (tertiary/aromatic N) is 1. The summed E-state index contributed by atoms with van der Waals surface area (Å²) in [5, 5.41) is 10.4. The van der Waals surface area contributed by atoms with Gasteiger partial charge in [-0.05, 0) is 68.4 Å². The first-order valence-electron chi connectivity index (χ1n) is 9.50. The van der Waals surface area contributed by atoms with Gasteiger partial charge >= 0.3 is 6.03 Å². The van der Waals surface area contributed by atoms with Crippen molar-refractivity contribution in [1.29, 1.82) is 0 Å². The predicted octanol–water partition coefficient (Wildman–Crippen LogP) is 6.09. The third-order valence-corrected chi connectivity index (χ3v) is 7.35. The maximum absolute atomic E-state index is 12.3. The Labute approximate surface area is 167 Å². The number of carbonyl (C=O) groups is 1. The highest BCUT2D eigenvalue weighted by molar-refractivity contribution is 6.44. The Balaban J connectivity index is 1.30. The van der Waals surface area contributed by atoms with Gasteiger partial charge in [0.1, 0.15) is 0 Å². The minimum Gasteiger partial charge on any atom is -0.338 e. The molecule has 4 fully saturated rings. The van der Waals surface area contributed by atoms with Crippen LogP contribution in [0.15, 0.2) is 28.8 Å². The number of nitrogens with one attached hydrogen (secondary N) is 2. The van der Waals surface area contributed by atoms with Gasteiger partial charge < -0.3 is 9.84 Å². The second kappa shape index (κ2) is 6.42. The fourth-order valence-corrected chi connectivity index (χ4v) is 6.22. The maximum Gasteiger partial charge on any atom is 0.326 e. The number of rotatable bonds is 3. The Kier molecular flexibility index (Phi) is 4.13. The van der Waals surface area contributed by atoms with Crippen molar-refractivity contribution in [2.24, 2.45) is 17.8 Å². The Morgan fingerprint density at radius 3 is 2.41 bits per heavy atom. The molecule has 4 aliphatic rings. The van der Waals surface area contributed by atoms with E-state index in [1.54, 1.807) is 18.2 Å². The van der Waals surface area contributed by atoms with Crippen molar-refractivity contribution >= 4 is 40.8 Å². The van der Waals surface area contributed by atoms with Crippen molar-refractivity contribution in [3.63, 3.8) is 0 Å². The molecule has 7 heteroatoms. The molecule has 6 rings (SSSR count). The molecule has 4 saturated carbocycles. The average molecular weight is 406 g/mol. The zero-order chi connectivity index (χ0) is 18.6. The van der Waals surface area contributed by atoms with Crippen LogP contribution in [-0.2, 0) is 5.41 Å². The second-order valence-corrected chi connectivity index (χ2v) is 9.24. The number of carbonyl (C=O) groups excluding carboxylic acids is 1. The summed E-state index contributed by atoms with van der Waals surface area (Å²) in [6.45, 7) is 0. The lowest BCUT2D eigenvalue weighted by molar-refractivity contribution is -0.00844. The highest BCUT2D eigenvalue weighted by atomic mass is 35.5. The van der Waals surface area contributed by atoms with Gasteiger partial charge in [-0.2, -0.15) is 0 Å². The molecule has 1 heterocycles. The van der Waals surface area contributed by atoms with E-state index in [0.29, 0.717) is 21.6 Å². The van der Waals surface area contributed by atoms with Gasteiger partial charge in [0.2, 0.25) is 5.88 Å². The van der Waals surface area contributed by atoms with Crippen molar-refractivity contribution in [3.05, 3.63) is 40.0 Å². The lowest BCUT2D eigenvalue weighted by Gasteiger charge is -2.56. The number of hydrogen-bond acceptors (Lipinski definition) is 3. The normalized spacial score (nSPS) is 31.1. The quantitative estimate of drug-likeness (QED) is 0.648. The van der Waals surface area contributed by atoms with Crippen molar-refractivity contribution in [2.75, 3.05) is 10.6 Å². The van der Waals surface area contributed by atoms with E-state index in [9.17, 15) is 4.79 Å². The van der Waals surface area contributed by atoms with Gasteiger partial charge in [0.05, 0.1) is 21.4 Å². The Morgan fingerprint density at radius 2 is 1.74 bits per heavy atom. The molecule has 1 aromatic carbocycles. The molecule has 2 amide bonds. The molecule has 5 nitrogen and oxygen atoms in total. The van der Waals surface area contributed by atoms with Crippen molar-refractivity contribution in [2.45, 2.75) is 43.9 Å². The predicted molar refractivity (Wildman–Crippen MR) is 105 cm³/mol. The zero-order valence-corrected chi connectivity index (χ0v) is 16.3. The summed E-state index contributed by atoms with van der Waals surface area (Å²) >= 11 is 12.1. The third kappa shape index (κ3) is 3.11. The molecule has 142 valence electrons. The molecule has 4 aliphatic carbocycles. The highest BCUT2D eigenvalue weighted by Crippen LogP contribution is 2.60. The summed E-state index contributed by atoms with van der Waals surface area (Å²) in [7, 11) is 0. The molecule has 0 radical (unpaired) electrons. The van der Waals surface area contributed by atoms with E-state index in [1.807, 2.05) is 6.07 Å². The number of benzene rings is 1. The molecule has 27 heavy (non-hydrogen) atoms. The molecule has 0 unspecified atom stereocenters. The van der Waals surface area contributed by atoms with Crippen LogP contribution in [0.3, 0.4) is 0 Å². The zero-order valence-electron chi connectivity index (χ0n) is 14.8. The Morgan fingerprint density at radius 1 is 1.07 bits per heavy atom. The molecule has 0 aliphatic heterocycles. The summed E-state index contributed by atoms with van der Waals surface area (Å²) in [5.41, 5.74) is 1.59. The van der Waals surface area contributed by atoms with Gasteiger partial charge in [-0.15, -0.1) is 0 Å². The second-order valence-electron chi connectivity index (χ2n) is 8.45. The maximum atomic E-state index is 12.3. The van der Waals surface area contributed by atoms with Crippen LogP contribution in [0.25, 0.3) is 0 Å². The molecule has 0 saturated heterocycles. The van der Waals surface area contributed by atoms with E-state index in [0.717, 1.165) is 23.4 Å². The first kappa shape index (κ1) is 17.4. The fourth-order valence-electron chi connectivity index (χ4n) is 5.87. The highest BCUT2D eigenvalue weighted by Gasteiger charge is 2.53. The van der Waals surface area contributed by atoms with Gasteiger partial charge in [0.25, 0.3) is 0 Å². The smallest absolute Gasteiger partial charge is 0.326 e. The van der Waals surface area contributed by atoms with E-state index >= 15 is 0 Å². The lowest BCUT2D eigenvalue weighted by Crippen LogP contribution is -2.48. The molecule has 1 aromatic heterocycles. The van der Waals surface area contributed by atoms with Crippen LogP contribution >= 0.6 is 23.2 Å². The van der Waals surface area contributed by atoms with Crippen LogP contribution in [0.1, 0.15) is 44.2 Å². The number of halogens is 2. The summed E-state index contributed by atoms with van der Waals surface area (Å²) in [6, 6.07) is 6.54. The molecular weight excluding hydrogens is 385 g/mol. The Bertz CT molecular complexity index is 860. The van der Waals surface area contributed by atoms with Gasteiger partial charge in [0.15, 0.2) is 0 Å². The van der Waals surface area contributed by atoms with E-state index in [4.69, 9.17) is 27.7 Å². The van der Waals surface area contributed by atoms with Crippen LogP contribution in [-0.4, -0.2) is 11.2 Å². The first-order valence-corrected chi connectivity index (χ1v) is 10.3. The number of hydrogen-bond donors (Lipinski definition) is 2. The van der Waals surface area contributed by atoms with Crippen molar-refractivity contribution in [1.82, 2.24) is 5.16 Å². The fraction of sp³-hybridized carbons (Fsp3) is 0.500. The monoisotopic (exact) mass is 405 g/mol. The van der Waals surface area contributed by atoms with E-state index in [2.05, 4.69) is 15.8 Å². The molecule has 0 atom stereocenters. The molecule has 2 N–H and O–H groups in total. The number of aromatic nitrogens is 1. The molecule has 2 aromatic rings. The molecular formula is C20H21Cl2N3O2. The van der Waals surface area contributed by atoms with Gasteiger partial charge in [-0.25, -0.2) is 4.79 Å². The van der Waals surface area contributed by atoms with Crippen LogP contribution in [0.5, 0.6) is 0 Å². The number of urea groups is 1. The number of anilines is 2. The minimum absolute atomic E-state index is 0.144. The molecule has 4 bridgehead atoms. The van der Waals surface area contributed by atoms with Crippen LogP contribution in [0.2, 0.25) is 10.0 Å². The summed E-state index contributed by atoms with van der Waals surface area (Å²) in [4.78, 5) is 12.3. The lowest BCUT2D eigenvalue weighted by atomic mass is 9.49. The average Bonchev–Trinajstić information content (AvgIpc) is 3.07. The SMILES string of the molecule is O=C(Nc1cc(C23CC4CC(CC(C4)C2)C3)no1)Nc1cccc(Cl)c1Cl. The summed E-state index contributed by atoms with van der Waals surface area (Å²) < 4.78 is 5.44. The molecule has 0 spiro atoms. The number of amides is 2. The first-order chi connectivity index (χ1) is 13.0.